The lowest BCUT2D eigenvalue weighted by Crippen LogP contribution is -2.22. The maximum Gasteiger partial charge on any atom is 0.271 e. The molecule has 0 bridgehead atoms. The van der Waals surface area contributed by atoms with Gasteiger partial charge in [0.1, 0.15) is 10.7 Å². The number of pyridine rings is 1. The Kier molecular flexibility index (Phi) is 5.92. The van der Waals surface area contributed by atoms with E-state index in [4.69, 9.17) is 11.6 Å². The van der Waals surface area contributed by atoms with Crippen molar-refractivity contribution in [2.45, 2.75) is 9.92 Å². The van der Waals surface area contributed by atoms with E-state index in [0.29, 0.717) is 21.3 Å². The molecular formula is C22H15ClN4O2S. The van der Waals surface area contributed by atoms with Crippen LogP contribution in [0.2, 0.25) is 5.02 Å². The largest absolute Gasteiger partial charge is 0.271 e. The summed E-state index contributed by atoms with van der Waals surface area (Å²) in [6.07, 6.45) is 2.97. The molecule has 0 atom stereocenters. The summed E-state index contributed by atoms with van der Waals surface area (Å²) < 4.78 is 1.44. The predicted molar refractivity (Wildman–Crippen MR) is 119 cm³/mol. The number of benzene rings is 2. The van der Waals surface area contributed by atoms with Gasteiger partial charge in [0, 0.05) is 21.7 Å². The van der Waals surface area contributed by atoms with E-state index in [0.717, 1.165) is 4.90 Å². The highest BCUT2D eigenvalue weighted by atomic mass is 35.5. The molecule has 2 aromatic heterocycles. The molecule has 4 aromatic rings. The Balaban J connectivity index is 1.69. The number of hydrazone groups is 1. The molecule has 6 nitrogen and oxygen atoms in total. The summed E-state index contributed by atoms with van der Waals surface area (Å²) >= 11 is 7.28. The molecule has 0 spiro atoms. The fourth-order valence-corrected chi connectivity index (χ4v) is 3.71. The highest BCUT2D eigenvalue weighted by Gasteiger charge is 2.13. The molecule has 0 saturated carbocycles. The van der Waals surface area contributed by atoms with Crippen LogP contribution in [0.4, 0.5) is 0 Å². The minimum atomic E-state index is -0.368. The van der Waals surface area contributed by atoms with Gasteiger partial charge >= 0.3 is 0 Å². The maximum atomic E-state index is 13.0. The van der Waals surface area contributed by atoms with Crippen molar-refractivity contribution >= 4 is 41.1 Å². The van der Waals surface area contributed by atoms with Crippen LogP contribution >= 0.6 is 23.4 Å². The van der Waals surface area contributed by atoms with Gasteiger partial charge in [-0.2, -0.15) is 5.10 Å². The molecule has 1 amide bonds. The van der Waals surface area contributed by atoms with E-state index in [-0.39, 0.29) is 17.0 Å². The van der Waals surface area contributed by atoms with E-state index < -0.39 is 0 Å². The average molecular weight is 435 g/mol. The van der Waals surface area contributed by atoms with Crippen LogP contribution in [0.1, 0.15) is 15.9 Å². The third-order valence-electron chi connectivity index (χ3n) is 4.16. The number of rotatable bonds is 5. The number of halogens is 1. The lowest BCUT2D eigenvalue weighted by Gasteiger charge is -2.08. The molecule has 0 aliphatic heterocycles. The van der Waals surface area contributed by atoms with Crippen LogP contribution < -0.4 is 11.0 Å². The first-order valence-electron chi connectivity index (χ1n) is 8.95. The zero-order valence-corrected chi connectivity index (χ0v) is 17.1. The van der Waals surface area contributed by atoms with Crippen molar-refractivity contribution in [3.8, 4) is 0 Å². The molecule has 148 valence electrons. The third-order valence-corrected chi connectivity index (χ3v) is 5.42. The van der Waals surface area contributed by atoms with E-state index in [2.05, 4.69) is 15.5 Å². The fourth-order valence-electron chi connectivity index (χ4n) is 2.69. The molecule has 30 heavy (non-hydrogen) atoms. The Morgan fingerprint density at radius 1 is 1.03 bits per heavy atom. The van der Waals surface area contributed by atoms with E-state index in [1.807, 2.05) is 24.3 Å². The molecular weight excluding hydrogens is 420 g/mol. The van der Waals surface area contributed by atoms with Gasteiger partial charge in [-0.25, -0.2) is 10.4 Å². The Hall–Kier alpha value is -3.42. The molecule has 0 saturated heterocycles. The van der Waals surface area contributed by atoms with Crippen LogP contribution in [0.25, 0.3) is 5.65 Å². The van der Waals surface area contributed by atoms with Crippen LogP contribution in [-0.4, -0.2) is 21.5 Å². The first kappa shape index (κ1) is 19.9. The van der Waals surface area contributed by atoms with Crippen molar-refractivity contribution in [2.24, 2.45) is 5.10 Å². The van der Waals surface area contributed by atoms with Crippen molar-refractivity contribution in [3.05, 3.63) is 105 Å². The summed E-state index contributed by atoms with van der Waals surface area (Å²) in [7, 11) is 0. The van der Waals surface area contributed by atoms with Gasteiger partial charge < -0.3 is 0 Å². The predicted octanol–water partition coefficient (Wildman–Crippen LogP) is 4.26. The summed E-state index contributed by atoms with van der Waals surface area (Å²) in [5.41, 5.74) is 3.43. The molecule has 0 aliphatic rings. The second-order valence-corrected chi connectivity index (χ2v) is 7.68. The molecule has 1 N–H and O–H groups in total. The topological polar surface area (TPSA) is 75.8 Å². The summed E-state index contributed by atoms with van der Waals surface area (Å²) in [5, 5.41) is 5.09. The minimum Gasteiger partial charge on any atom is -0.268 e. The van der Waals surface area contributed by atoms with Gasteiger partial charge in [-0.1, -0.05) is 47.6 Å². The second kappa shape index (κ2) is 8.94. The zero-order chi connectivity index (χ0) is 20.9. The summed E-state index contributed by atoms with van der Waals surface area (Å²) in [6.45, 7) is 0. The standard InChI is InChI=1S/C22H15ClN4O2S/c23-16-9-11-17(12-10-16)30-21-18(22(29)27-13-5-4-8-19(27)25-21)14-24-26-20(28)15-6-2-1-3-7-15/h1-14H,(H,26,28)/b24-14-. The van der Waals surface area contributed by atoms with Gasteiger partial charge in [0.05, 0.1) is 11.8 Å². The van der Waals surface area contributed by atoms with Crippen molar-refractivity contribution in [3.63, 3.8) is 0 Å². The number of hydrogen-bond acceptors (Lipinski definition) is 5. The molecule has 0 radical (unpaired) electrons. The average Bonchev–Trinajstić information content (AvgIpc) is 2.78. The van der Waals surface area contributed by atoms with Crippen molar-refractivity contribution in [1.29, 1.82) is 0 Å². The normalized spacial score (nSPS) is 11.1. The molecule has 0 aliphatic carbocycles. The van der Waals surface area contributed by atoms with Crippen LogP contribution in [0.5, 0.6) is 0 Å². The number of carbonyl (C=O) groups is 1. The maximum absolute atomic E-state index is 13.0. The van der Waals surface area contributed by atoms with Crippen molar-refractivity contribution in [1.82, 2.24) is 14.8 Å². The van der Waals surface area contributed by atoms with Gasteiger partial charge in [-0.3, -0.25) is 14.0 Å². The lowest BCUT2D eigenvalue weighted by molar-refractivity contribution is 0.0955. The molecule has 4 rings (SSSR count). The van der Waals surface area contributed by atoms with Crippen molar-refractivity contribution < 1.29 is 4.79 Å². The second-order valence-electron chi connectivity index (χ2n) is 6.19. The number of nitrogens with zero attached hydrogens (tertiary/aromatic N) is 3. The SMILES string of the molecule is O=C(N/N=C\c1c(Sc2ccc(Cl)cc2)nc2ccccn2c1=O)c1ccccc1. The Morgan fingerprint density at radius 2 is 1.77 bits per heavy atom. The first-order chi connectivity index (χ1) is 14.6. The van der Waals surface area contributed by atoms with E-state index in [1.165, 1.54) is 22.4 Å². The van der Waals surface area contributed by atoms with Crippen LogP contribution in [-0.2, 0) is 0 Å². The number of hydrogen-bond donors (Lipinski definition) is 1. The van der Waals surface area contributed by atoms with Crippen molar-refractivity contribution in [2.75, 3.05) is 0 Å². The Labute approximate surface area is 181 Å². The number of amides is 1. The van der Waals surface area contributed by atoms with Gasteiger partial charge in [0.2, 0.25) is 0 Å². The Bertz CT molecular complexity index is 1290. The van der Waals surface area contributed by atoms with E-state index in [1.54, 1.807) is 54.7 Å². The zero-order valence-electron chi connectivity index (χ0n) is 15.5. The van der Waals surface area contributed by atoms with Crippen LogP contribution in [0, 0.1) is 0 Å². The summed E-state index contributed by atoms with van der Waals surface area (Å²) in [4.78, 5) is 30.7. The quantitative estimate of drug-likeness (QED) is 0.289. The van der Waals surface area contributed by atoms with E-state index in [9.17, 15) is 9.59 Å². The number of carbonyl (C=O) groups excluding carboxylic acids is 1. The minimum absolute atomic E-state index is 0.270. The first-order valence-corrected chi connectivity index (χ1v) is 10.1. The number of aromatic nitrogens is 2. The van der Waals surface area contributed by atoms with E-state index >= 15 is 0 Å². The van der Waals surface area contributed by atoms with Crippen LogP contribution in [0.15, 0.2) is 98.8 Å². The highest BCUT2D eigenvalue weighted by Crippen LogP contribution is 2.28. The molecule has 0 unspecified atom stereocenters. The fraction of sp³-hybridized carbons (Fsp3) is 0. The Morgan fingerprint density at radius 3 is 2.53 bits per heavy atom. The molecule has 2 aromatic carbocycles. The molecule has 0 fully saturated rings. The smallest absolute Gasteiger partial charge is 0.268 e. The summed E-state index contributed by atoms with van der Waals surface area (Å²) in [6, 6.07) is 21.3. The molecule has 8 heteroatoms. The third kappa shape index (κ3) is 4.42. The highest BCUT2D eigenvalue weighted by molar-refractivity contribution is 7.99. The van der Waals surface area contributed by atoms with Gasteiger partial charge in [-0.15, -0.1) is 0 Å². The molecule has 2 heterocycles. The lowest BCUT2D eigenvalue weighted by atomic mass is 10.2. The van der Waals surface area contributed by atoms with Crippen LogP contribution in [0.3, 0.4) is 0 Å². The number of fused-ring (bicyclic) bond motifs is 1. The number of nitrogens with one attached hydrogen (secondary N) is 1. The van der Waals surface area contributed by atoms with Gasteiger partial charge in [0.25, 0.3) is 11.5 Å². The van der Waals surface area contributed by atoms with Gasteiger partial charge in [0.15, 0.2) is 0 Å². The summed E-state index contributed by atoms with van der Waals surface area (Å²) in [5.74, 6) is -0.368. The monoisotopic (exact) mass is 434 g/mol. The van der Waals surface area contributed by atoms with Gasteiger partial charge in [-0.05, 0) is 48.5 Å².